The van der Waals surface area contributed by atoms with Crippen molar-refractivity contribution in [3.05, 3.63) is 35.4 Å². The summed E-state index contributed by atoms with van der Waals surface area (Å²) in [6.45, 7) is 1.21. The summed E-state index contributed by atoms with van der Waals surface area (Å²) in [6, 6.07) is 3.66. The van der Waals surface area contributed by atoms with Crippen LogP contribution in [0.4, 0.5) is 13.2 Å². The van der Waals surface area contributed by atoms with E-state index >= 15 is 0 Å². The number of aliphatic hydroxyl groups is 1. The minimum atomic E-state index is -4.46. The maximum absolute atomic E-state index is 12.4. The summed E-state index contributed by atoms with van der Waals surface area (Å²) in [7, 11) is 0. The first-order valence-electron chi connectivity index (χ1n) is 6.10. The topological polar surface area (TPSA) is 78.4 Å². The highest BCUT2D eigenvalue weighted by Gasteiger charge is 2.30. The molecular weight excluding hydrogens is 289 g/mol. The highest BCUT2D eigenvalue weighted by Crippen LogP contribution is 2.28. The maximum atomic E-state index is 12.4. The second-order valence-electron chi connectivity index (χ2n) is 4.41. The SMILES string of the molecule is CC(O)CNC(=O)CNC(=O)c1ccc(C(F)(F)F)cc1. The first-order chi connectivity index (χ1) is 9.70. The summed E-state index contributed by atoms with van der Waals surface area (Å²) >= 11 is 0. The fourth-order valence-corrected chi connectivity index (χ4v) is 1.40. The molecule has 0 bridgehead atoms. The monoisotopic (exact) mass is 304 g/mol. The third kappa shape index (κ3) is 5.82. The number of alkyl halides is 3. The molecular formula is C13H15F3N2O3. The molecule has 0 heterocycles. The van der Waals surface area contributed by atoms with E-state index in [1.54, 1.807) is 0 Å². The minimum Gasteiger partial charge on any atom is -0.392 e. The summed E-state index contributed by atoms with van der Waals surface area (Å²) in [4.78, 5) is 22.9. The van der Waals surface area contributed by atoms with Gasteiger partial charge in [-0.2, -0.15) is 13.2 Å². The lowest BCUT2D eigenvalue weighted by Crippen LogP contribution is -2.39. The van der Waals surface area contributed by atoms with Crippen LogP contribution in [0.1, 0.15) is 22.8 Å². The second kappa shape index (κ2) is 7.07. The smallest absolute Gasteiger partial charge is 0.392 e. The Morgan fingerprint density at radius 1 is 1.19 bits per heavy atom. The van der Waals surface area contributed by atoms with Gasteiger partial charge in [0, 0.05) is 12.1 Å². The summed E-state index contributed by atoms with van der Waals surface area (Å²) in [5.41, 5.74) is -0.833. The fraction of sp³-hybridized carbons (Fsp3) is 0.385. The fourth-order valence-electron chi connectivity index (χ4n) is 1.40. The summed E-state index contributed by atoms with van der Waals surface area (Å²) in [5, 5.41) is 13.6. The van der Waals surface area contributed by atoms with Gasteiger partial charge >= 0.3 is 6.18 Å². The predicted octanol–water partition coefficient (Wildman–Crippen LogP) is 0.932. The van der Waals surface area contributed by atoms with E-state index in [-0.39, 0.29) is 18.7 Å². The van der Waals surface area contributed by atoms with Crippen LogP contribution in [0.25, 0.3) is 0 Å². The number of amides is 2. The van der Waals surface area contributed by atoms with Gasteiger partial charge in [-0.15, -0.1) is 0 Å². The highest BCUT2D eigenvalue weighted by atomic mass is 19.4. The zero-order chi connectivity index (χ0) is 16.0. The van der Waals surface area contributed by atoms with Crippen LogP contribution in [0, 0.1) is 0 Å². The molecule has 0 aromatic heterocycles. The zero-order valence-corrected chi connectivity index (χ0v) is 11.2. The van der Waals surface area contributed by atoms with E-state index < -0.39 is 29.7 Å². The predicted molar refractivity (Wildman–Crippen MR) is 68.5 cm³/mol. The lowest BCUT2D eigenvalue weighted by Gasteiger charge is -2.09. The van der Waals surface area contributed by atoms with Gasteiger partial charge < -0.3 is 15.7 Å². The molecule has 0 radical (unpaired) electrons. The molecule has 1 atom stereocenters. The van der Waals surface area contributed by atoms with Crippen molar-refractivity contribution in [3.63, 3.8) is 0 Å². The average Bonchev–Trinajstić information content (AvgIpc) is 2.41. The van der Waals surface area contributed by atoms with Crippen LogP contribution in [0.15, 0.2) is 24.3 Å². The minimum absolute atomic E-state index is 0.0197. The number of halogens is 3. The average molecular weight is 304 g/mol. The van der Waals surface area contributed by atoms with Crippen LogP contribution in [0.2, 0.25) is 0 Å². The molecule has 5 nitrogen and oxygen atoms in total. The van der Waals surface area contributed by atoms with Gasteiger partial charge in [-0.05, 0) is 31.2 Å². The molecule has 2 amide bonds. The Morgan fingerprint density at radius 3 is 2.24 bits per heavy atom. The molecule has 0 saturated heterocycles. The van der Waals surface area contributed by atoms with Gasteiger partial charge in [-0.1, -0.05) is 0 Å². The molecule has 0 fully saturated rings. The number of aliphatic hydroxyl groups excluding tert-OH is 1. The Balaban J connectivity index is 2.51. The normalized spacial score (nSPS) is 12.6. The van der Waals surface area contributed by atoms with E-state index in [9.17, 15) is 22.8 Å². The summed E-state index contributed by atoms with van der Waals surface area (Å²) < 4.78 is 37.1. The number of hydrogen-bond acceptors (Lipinski definition) is 3. The van der Waals surface area contributed by atoms with Crippen LogP contribution in [0.5, 0.6) is 0 Å². The van der Waals surface area contributed by atoms with Crippen molar-refractivity contribution in [2.45, 2.75) is 19.2 Å². The first-order valence-corrected chi connectivity index (χ1v) is 6.10. The number of carbonyl (C=O) groups excluding carboxylic acids is 2. The van der Waals surface area contributed by atoms with E-state index in [4.69, 9.17) is 5.11 Å². The summed E-state index contributed by atoms with van der Waals surface area (Å²) in [6.07, 6.45) is -5.17. The Bertz CT molecular complexity index is 498. The first kappa shape index (κ1) is 17.0. The van der Waals surface area contributed by atoms with Crippen LogP contribution < -0.4 is 10.6 Å². The van der Waals surface area contributed by atoms with Crippen molar-refractivity contribution in [2.75, 3.05) is 13.1 Å². The van der Waals surface area contributed by atoms with Gasteiger partial charge in [0.05, 0.1) is 18.2 Å². The standard InChI is InChI=1S/C13H15F3N2O3/c1-8(19)6-17-11(20)7-18-12(21)9-2-4-10(5-3-9)13(14,15)16/h2-5,8,19H,6-7H2,1H3,(H,17,20)(H,18,21). The Kier molecular flexibility index (Phi) is 5.71. The van der Waals surface area contributed by atoms with E-state index in [1.807, 2.05) is 0 Å². The lowest BCUT2D eigenvalue weighted by molar-refractivity contribution is -0.137. The number of rotatable bonds is 5. The van der Waals surface area contributed by atoms with Gasteiger partial charge in [-0.3, -0.25) is 9.59 Å². The molecule has 0 aliphatic rings. The van der Waals surface area contributed by atoms with Gasteiger partial charge in [0.2, 0.25) is 5.91 Å². The van der Waals surface area contributed by atoms with Crippen molar-refractivity contribution >= 4 is 11.8 Å². The van der Waals surface area contributed by atoms with Gasteiger partial charge in [0.1, 0.15) is 0 Å². The van der Waals surface area contributed by atoms with Gasteiger partial charge in [0.25, 0.3) is 5.91 Å². The largest absolute Gasteiger partial charge is 0.416 e. The molecule has 1 aromatic carbocycles. The van der Waals surface area contributed by atoms with Crippen LogP contribution in [-0.4, -0.2) is 36.1 Å². The van der Waals surface area contributed by atoms with Gasteiger partial charge in [-0.25, -0.2) is 0 Å². The van der Waals surface area contributed by atoms with Gasteiger partial charge in [0.15, 0.2) is 0 Å². The number of benzene rings is 1. The van der Waals surface area contributed by atoms with Crippen molar-refractivity contribution in [2.24, 2.45) is 0 Å². The Labute approximate surface area is 119 Å². The Hall–Kier alpha value is -2.09. The number of nitrogens with one attached hydrogen (secondary N) is 2. The third-order valence-corrected chi connectivity index (χ3v) is 2.48. The van der Waals surface area contributed by atoms with E-state index in [0.717, 1.165) is 24.3 Å². The third-order valence-electron chi connectivity index (χ3n) is 2.48. The maximum Gasteiger partial charge on any atom is 0.416 e. The second-order valence-corrected chi connectivity index (χ2v) is 4.41. The van der Waals surface area contributed by atoms with Crippen LogP contribution in [0.3, 0.4) is 0 Å². The molecule has 1 aromatic rings. The molecule has 1 rings (SSSR count). The lowest BCUT2D eigenvalue weighted by atomic mass is 10.1. The number of carbonyl (C=O) groups is 2. The molecule has 21 heavy (non-hydrogen) atoms. The summed E-state index contributed by atoms with van der Waals surface area (Å²) in [5.74, 6) is -1.16. The number of hydrogen-bond donors (Lipinski definition) is 3. The zero-order valence-electron chi connectivity index (χ0n) is 11.2. The quantitative estimate of drug-likeness (QED) is 0.757. The molecule has 3 N–H and O–H groups in total. The van der Waals surface area contributed by atoms with Crippen molar-refractivity contribution in [1.82, 2.24) is 10.6 Å². The van der Waals surface area contributed by atoms with Crippen molar-refractivity contribution in [1.29, 1.82) is 0 Å². The van der Waals surface area contributed by atoms with Crippen molar-refractivity contribution in [3.8, 4) is 0 Å². The van der Waals surface area contributed by atoms with E-state index in [0.29, 0.717) is 0 Å². The van der Waals surface area contributed by atoms with E-state index in [2.05, 4.69) is 10.6 Å². The molecule has 8 heteroatoms. The molecule has 116 valence electrons. The highest BCUT2D eigenvalue weighted by molar-refractivity contribution is 5.96. The molecule has 0 saturated carbocycles. The molecule has 0 aliphatic heterocycles. The molecule has 1 unspecified atom stereocenters. The van der Waals surface area contributed by atoms with Crippen LogP contribution in [-0.2, 0) is 11.0 Å². The van der Waals surface area contributed by atoms with Crippen molar-refractivity contribution < 1.29 is 27.9 Å². The van der Waals surface area contributed by atoms with Crippen LogP contribution >= 0.6 is 0 Å². The molecule has 0 spiro atoms. The Morgan fingerprint density at radius 2 is 1.76 bits per heavy atom. The van der Waals surface area contributed by atoms with E-state index in [1.165, 1.54) is 6.92 Å². The molecule has 0 aliphatic carbocycles.